The number of halogens is 3. The second kappa shape index (κ2) is 8.24. The Morgan fingerprint density at radius 2 is 1.81 bits per heavy atom. The smallest absolute Gasteiger partial charge is 0.194 e. The number of unbranched alkanes of at least 4 members (excludes halogenated alkanes) is 2. The number of thiazole rings is 1. The molecule has 134 valence electrons. The van der Waals surface area contributed by atoms with E-state index in [1.807, 2.05) is 18.2 Å². The van der Waals surface area contributed by atoms with Crippen molar-refractivity contribution in [3.63, 3.8) is 0 Å². The Hall–Kier alpha value is -2.52. The van der Waals surface area contributed by atoms with E-state index in [1.54, 1.807) is 0 Å². The van der Waals surface area contributed by atoms with Crippen LogP contribution in [0.3, 0.4) is 0 Å². The van der Waals surface area contributed by atoms with Crippen LogP contribution in [0.25, 0.3) is 10.2 Å². The van der Waals surface area contributed by atoms with Gasteiger partial charge in [-0.3, -0.25) is 0 Å². The Balaban J connectivity index is 1.77. The third kappa shape index (κ3) is 4.36. The average molecular weight is 375 g/mol. The van der Waals surface area contributed by atoms with E-state index in [0.29, 0.717) is 11.6 Å². The first-order valence-corrected chi connectivity index (χ1v) is 9.08. The van der Waals surface area contributed by atoms with Crippen molar-refractivity contribution in [1.82, 2.24) is 4.98 Å². The normalized spacial score (nSPS) is 10.6. The van der Waals surface area contributed by atoms with E-state index in [0.717, 1.165) is 47.4 Å². The van der Waals surface area contributed by atoms with E-state index in [-0.39, 0.29) is 5.56 Å². The van der Waals surface area contributed by atoms with Gasteiger partial charge in [0.25, 0.3) is 0 Å². The Labute approximate surface area is 153 Å². The van der Waals surface area contributed by atoms with Crippen molar-refractivity contribution in [3.05, 3.63) is 58.4 Å². The van der Waals surface area contributed by atoms with Gasteiger partial charge in [-0.25, -0.2) is 18.2 Å². The minimum Gasteiger partial charge on any atom is -0.494 e. The van der Waals surface area contributed by atoms with Gasteiger partial charge >= 0.3 is 0 Å². The van der Waals surface area contributed by atoms with Crippen molar-refractivity contribution in [2.45, 2.75) is 26.2 Å². The van der Waals surface area contributed by atoms with E-state index in [9.17, 15) is 13.2 Å². The molecule has 0 saturated heterocycles. The van der Waals surface area contributed by atoms with E-state index in [2.05, 4.69) is 23.7 Å². The van der Waals surface area contributed by atoms with Crippen molar-refractivity contribution in [2.24, 2.45) is 0 Å². The van der Waals surface area contributed by atoms with Crippen molar-refractivity contribution in [1.29, 1.82) is 0 Å². The maximum absolute atomic E-state index is 13.2. The Bertz CT molecular complexity index is 965. The zero-order chi connectivity index (χ0) is 18.5. The molecule has 6 heteroatoms. The summed E-state index contributed by atoms with van der Waals surface area (Å²) in [6, 6.07) is 7.34. The molecular formula is C20H16F3NOS. The van der Waals surface area contributed by atoms with Gasteiger partial charge in [-0.2, -0.15) is 0 Å². The van der Waals surface area contributed by atoms with E-state index in [1.165, 1.54) is 11.3 Å². The highest BCUT2D eigenvalue weighted by atomic mass is 32.1. The van der Waals surface area contributed by atoms with Crippen LogP contribution in [-0.4, -0.2) is 11.6 Å². The predicted octanol–water partition coefficient (Wildman–Crippen LogP) is 5.68. The second-order valence-electron chi connectivity index (χ2n) is 5.71. The van der Waals surface area contributed by atoms with Crippen LogP contribution in [0, 0.1) is 29.3 Å². The average Bonchev–Trinajstić information content (AvgIpc) is 3.03. The number of hydrogen-bond acceptors (Lipinski definition) is 3. The second-order valence-corrected chi connectivity index (χ2v) is 6.74. The monoisotopic (exact) mass is 375 g/mol. The first-order valence-electron chi connectivity index (χ1n) is 8.27. The fourth-order valence-corrected chi connectivity index (χ4v) is 3.19. The number of hydrogen-bond donors (Lipinski definition) is 0. The summed E-state index contributed by atoms with van der Waals surface area (Å²) in [7, 11) is 0. The zero-order valence-corrected chi connectivity index (χ0v) is 14.9. The van der Waals surface area contributed by atoms with Crippen molar-refractivity contribution in [3.8, 4) is 17.6 Å². The molecule has 26 heavy (non-hydrogen) atoms. The first-order chi connectivity index (χ1) is 12.6. The van der Waals surface area contributed by atoms with Gasteiger partial charge in [0.05, 0.1) is 16.8 Å². The molecule has 0 spiro atoms. The molecule has 2 nitrogen and oxygen atoms in total. The number of aromatic nitrogens is 1. The summed E-state index contributed by atoms with van der Waals surface area (Å²) >= 11 is 1.36. The number of ether oxygens (including phenoxy) is 1. The summed E-state index contributed by atoms with van der Waals surface area (Å²) in [6.07, 6.45) is 3.28. The van der Waals surface area contributed by atoms with Crippen LogP contribution in [-0.2, 0) is 0 Å². The summed E-state index contributed by atoms with van der Waals surface area (Å²) in [5.74, 6) is 2.14. The lowest BCUT2D eigenvalue weighted by Crippen LogP contribution is -1.96. The third-order valence-corrected chi connectivity index (χ3v) is 4.61. The number of rotatable bonds is 5. The minimum absolute atomic E-state index is 0.0561. The molecule has 0 radical (unpaired) electrons. The SMILES string of the molecule is CCCCCOc1ccc2nc(C#Cc3cc(F)c(F)c(F)c3)sc2c1. The molecule has 0 saturated carbocycles. The van der Waals surface area contributed by atoms with Gasteiger partial charge in [0.15, 0.2) is 22.5 Å². The molecule has 0 unspecified atom stereocenters. The Kier molecular flexibility index (Phi) is 5.79. The first kappa shape index (κ1) is 18.3. The molecule has 2 aromatic carbocycles. The van der Waals surface area contributed by atoms with Crippen LogP contribution in [0.4, 0.5) is 13.2 Å². The maximum atomic E-state index is 13.2. The Morgan fingerprint density at radius 3 is 2.54 bits per heavy atom. The molecule has 1 aromatic heterocycles. The topological polar surface area (TPSA) is 22.1 Å². The molecule has 0 fully saturated rings. The molecule has 1 heterocycles. The number of benzene rings is 2. The summed E-state index contributed by atoms with van der Waals surface area (Å²) < 4.78 is 46.0. The lowest BCUT2D eigenvalue weighted by molar-refractivity contribution is 0.306. The number of nitrogens with zero attached hydrogens (tertiary/aromatic N) is 1. The summed E-state index contributed by atoms with van der Waals surface area (Å²) in [6.45, 7) is 2.81. The van der Waals surface area contributed by atoms with Gasteiger partial charge in [-0.1, -0.05) is 25.7 Å². The molecule has 3 rings (SSSR count). The van der Waals surface area contributed by atoms with Crippen LogP contribution < -0.4 is 4.74 Å². The van der Waals surface area contributed by atoms with Crippen LogP contribution in [0.15, 0.2) is 30.3 Å². The quantitative estimate of drug-likeness (QED) is 0.325. The highest BCUT2D eigenvalue weighted by molar-refractivity contribution is 7.19. The minimum atomic E-state index is -1.50. The van der Waals surface area contributed by atoms with Gasteiger partial charge in [-0.15, -0.1) is 11.3 Å². The largest absolute Gasteiger partial charge is 0.494 e. The number of fused-ring (bicyclic) bond motifs is 1. The van der Waals surface area contributed by atoms with Gasteiger partial charge in [0.1, 0.15) is 5.75 Å². The van der Waals surface area contributed by atoms with Gasteiger partial charge in [-0.05, 0) is 42.7 Å². The molecule has 0 aliphatic carbocycles. The van der Waals surface area contributed by atoms with E-state index >= 15 is 0 Å². The van der Waals surface area contributed by atoms with Crippen LogP contribution >= 0.6 is 11.3 Å². The van der Waals surface area contributed by atoms with Crippen LogP contribution in [0.5, 0.6) is 5.75 Å². The molecule has 0 amide bonds. The van der Waals surface area contributed by atoms with Crippen LogP contribution in [0.1, 0.15) is 36.8 Å². The van der Waals surface area contributed by atoms with E-state index in [4.69, 9.17) is 4.74 Å². The van der Waals surface area contributed by atoms with Gasteiger partial charge in [0, 0.05) is 5.56 Å². The third-order valence-electron chi connectivity index (χ3n) is 3.67. The highest BCUT2D eigenvalue weighted by Crippen LogP contribution is 2.26. The van der Waals surface area contributed by atoms with Crippen molar-refractivity contribution < 1.29 is 17.9 Å². The molecule has 0 aliphatic heterocycles. The summed E-state index contributed by atoms with van der Waals surface area (Å²) in [4.78, 5) is 4.37. The fourth-order valence-electron chi connectivity index (χ4n) is 2.34. The lowest BCUT2D eigenvalue weighted by atomic mass is 10.2. The Morgan fingerprint density at radius 1 is 1.04 bits per heavy atom. The lowest BCUT2D eigenvalue weighted by Gasteiger charge is -2.04. The van der Waals surface area contributed by atoms with E-state index < -0.39 is 17.5 Å². The van der Waals surface area contributed by atoms with Gasteiger partial charge < -0.3 is 4.74 Å². The van der Waals surface area contributed by atoms with Crippen molar-refractivity contribution in [2.75, 3.05) is 6.61 Å². The fraction of sp³-hybridized carbons (Fsp3) is 0.250. The molecular weight excluding hydrogens is 359 g/mol. The molecule has 0 atom stereocenters. The predicted molar refractivity (Wildman–Crippen MR) is 96.9 cm³/mol. The summed E-state index contributed by atoms with van der Waals surface area (Å²) in [5, 5.41) is 0.508. The standard InChI is InChI=1S/C20H16F3NOS/c1-2-3-4-9-25-14-6-7-17-18(12-14)26-19(24-17)8-5-13-10-15(21)20(23)16(22)11-13/h6-7,10-12H,2-4,9H2,1H3. The maximum Gasteiger partial charge on any atom is 0.194 e. The molecule has 0 aliphatic rings. The summed E-state index contributed by atoms with van der Waals surface area (Å²) in [5.41, 5.74) is 0.831. The molecule has 0 bridgehead atoms. The van der Waals surface area contributed by atoms with Crippen molar-refractivity contribution >= 4 is 21.6 Å². The van der Waals surface area contributed by atoms with Crippen LogP contribution in [0.2, 0.25) is 0 Å². The highest BCUT2D eigenvalue weighted by Gasteiger charge is 2.09. The van der Waals surface area contributed by atoms with Gasteiger partial charge in [0.2, 0.25) is 0 Å². The zero-order valence-electron chi connectivity index (χ0n) is 14.1. The molecule has 3 aromatic rings. The molecule has 0 N–H and O–H groups in total.